The van der Waals surface area contributed by atoms with Gasteiger partial charge in [0.25, 0.3) is 5.91 Å². The van der Waals surface area contributed by atoms with Crippen LogP contribution in [-0.2, 0) is 0 Å². The van der Waals surface area contributed by atoms with Gasteiger partial charge in [-0.1, -0.05) is 0 Å². The molecule has 2 heterocycles. The van der Waals surface area contributed by atoms with Gasteiger partial charge >= 0.3 is 0 Å². The first-order valence-corrected chi connectivity index (χ1v) is 5.76. The van der Waals surface area contributed by atoms with Crippen LogP contribution in [0.15, 0.2) is 12.3 Å². The average molecular weight is 248 g/mol. The molecule has 2 aromatic rings. The van der Waals surface area contributed by atoms with Gasteiger partial charge in [-0.15, -0.1) is 0 Å². The van der Waals surface area contributed by atoms with E-state index >= 15 is 0 Å². The summed E-state index contributed by atoms with van der Waals surface area (Å²) >= 11 is 0. The van der Waals surface area contributed by atoms with Gasteiger partial charge in [-0.3, -0.25) is 4.79 Å². The predicted octanol–water partition coefficient (Wildman–Crippen LogP) is 0.457. The van der Waals surface area contributed by atoms with Crippen molar-refractivity contribution in [2.24, 2.45) is 0 Å². The van der Waals surface area contributed by atoms with Gasteiger partial charge in [0.2, 0.25) is 0 Å². The Hall–Kier alpha value is -1.95. The summed E-state index contributed by atoms with van der Waals surface area (Å²) in [5.74, 6) is -0.253. The molecule has 0 bridgehead atoms. The molecular formula is C12H16N4O2. The van der Waals surface area contributed by atoms with Crippen molar-refractivity contribution in [3.8, 4) is 0 Å². The first-order valence-electron chi connectivity index (χ1n) is 5.76. The van der Waals surface area contributed by atoms with E-state index in [2.05, 4.69) is 15.4 Å². The molecule has 1 atom stereocenters. The molecule has 1 amide bonds. The Morgan fingerprint density at radius 2 is 2.28 bits per heavy atom. The number of aliphatic hydroxyl groups excluding tert-OH is 1. The molecule has 18 heavy (non-hydrogen) atoms. The van der Waals surface area contributed by atoms with Crippen LogP contribution in [0.4, 0.5) is 0 Å². The van der Waals surface area contributed by atoms with Crippen molar-refractivity contribution < 1.29 is 9.90 Å². The Kier molecular flexibility index (Phi) is 3.29. The molecule has 0 aromatic carbocycles. The lowest BCUT2D eigenvalue weighted by atomic mass is 10.2. The van der Waals surface area contributed by atoms with E-state index in [0.717, 1.165) is 17.0 Å². The van der Waals surface area contributed by atoms with E-state index in [-0.39, 0.29) is 18.6 Å². The molecule has 0 spiro atoms. The number of nitrogens with zero attached hydrogens (tertiary/aromatic N) is 3. The summed E-state index contributed by atoms with van der Waals surface area (Å²) in [4.78, 5) is 16.2. The monoisotopic (exact) mass is 248 g/mol. The highest BCUT2D eigenvalue weighted by atomic mass is 16.3. The van der Waals surface area contributed by atoms with Crippen molar-refractivity contribution in [2.75, 3.05) is 6.61 Å². The third-order valence-corrected chi connectivity index (χ3v) is 2.74. The number of aryl methyl sites for hydroxylation is 2. The lowest BCUT2D eigenvalue weighted by Gasteiger charge is -2.12. The fourth-order valence-electron chi connectivity index (χ4n) is 1.73. The maximum Gasteiger partial charge on any atom is 0.254 e. The van der Waals surface area contributed by atoms with Gasteiger partial charge in [-0.25, -0.2) is 9.50 Å². The zero-order valence-electron chi connectivity index (χ0n) is 10.6. The molecule has 0 saturated carbocycles. The van der Waals surface area contributed by atoms with Crippen molar-refractivity contribution >= 4 is 11.6 Å². The van der Waals surface area contributed by atoms with Crippen LogP contribution in [0.5, 0.6) is 0 Å². The summed E-state index contributed by atoms with van der Waals surface area (Å²) in [5, 5.41) is 15.9. The quantitative estimate of drug-likeness (QED) is 0.827. The molecule has 6 heteroatoms. The maximum absolute atomic E-state index is 12.0. The van der Waals surface area contributed by atoms with Crippen LogP contribution in [0.25, 0.3) is 5.65 Å². The lowest BCUT2D eigenvalue weighted by Crippen LogP contribution is -2.35. The van der Waals surface area contributed by atoms with Crippen LogP contribution < -0.4 is 5.32 Å². The van der Waals surface area contributed by atoms with Gasteiger partial charge < -0.3 is 10.4 Å². The van der Waals surface area contributed by atoms with Crippen LogP contribution in [0.3, 0.4) is 0 Å². The smallest absolute Gasteiger partial charge is 0.254 e. The number of fused-ring (bicyclic) bond motifs is 1. The highest BCUT2D eigenvalue weighted by molar-refractivity contribution is 5.95. The molecule has 6 nitrogen and oxygen atoms in total. The number of hydrogen-bond acceptors (Lipinski definition) is 4. The average Bonchev–Trinajstić information content (AvgIpc) is 2.70. The molecule has 0 unspecified atom stereocenters. The first-order chi connectivity index (χ1) is 8.52. The number of nitrogens with one attached hydrogen (secondary N) is 1. The van der Waals surface area contributed by atoms with Gasteiger partial charge in [0, 0.05) is 18.3 Å². The number of carbonyl (C=O) groups is 1. The third-order valence-electron chi connectivity index (χ3n) is 2.74. The summed E-state index contributed by atoms with van der Waals surface area (Å²) in [6.07, 6.45) is 1.53. The maximum atomic E-state index is 12.0. The van der Waals surface area contributed by atoms with Gasteiger partial charge in [0.15, 0.2) is 5.65 Å². The number of hydrogen-bond donors (Lipinski definition) is 2. The second kappa shape index (κ2) is 4.73. The summed E-state index contributed by atoms with van der Waals surface area (Å²) in [5.41, 5.74) is 2.77. The molecule has 2 N–H and O–H groups in total. The minimum Gasteiger partial charge on any atom is -0.394 e. The SMILES string of the molecule is Cc1cc2ncc(C(=O)N[C@@H](C)CO)c(C)n2n1. The molecule has 96 valence electrons. The zero-order valence-corrected chi connectivity index (χ0v) is 10.6. The Bertz CT molecular complexity index is 591. The summed E-state index contributed by atoms with van der Waals surface area (Å²) in [6.45, 7) is 5.33. The molecule has 0 aliphatic heterocycles. The van der Waals surface area contributed by atoms with Crippen molar-refractivity contribution in [3.63, 3.8) is 0 Å². The number of carbonyl (C=O) groups excluding carboxylic acids is 1. The summed E-state index contributed by atoms with van der Waals surface area (Å²) in [7, 11) is 0. The summed E-state index contributed by atoms with van der Waals surface area (Å²) < 4.78 is 1.65. The zero-order chi connectivity index (χ0) is 13.3. The Balaban J connectivity index is 2.39. The van der Waals surface area contributed by atoms with Crippen LogP contribution >= 0.6 is 0 Å². The van der Waals surface area contributed by atoms with Gasteiger partial charge in [-0.05, 0) is 20.8 Å². The Labute approximate surface area is 105 Å². The minimum atomic E-state index is -0.285. The standard InChI is InChI=1S/C12H16N4O2/c1-7-4-11-13-5-10(9(3)16(11)15-7)12(18)14-8(2)6-17/h4-5,8,17H,6H2,1-3H3,(H,14,18)/t8-/m0/s1. The number of aliphatic hydroxyl groups is 1. The fraction of sp³-hybridized carbons (Fsp3) is 0.417. The molecule has 0 saturated heterocycles. The van der Waals surface area contributed by atoms with Crippen LogP contribution in [-0.4, -0.2) is 38.3 Å². The molecule has 2 aromatic heterocycles. The van der Waals surface area contributed by atoms with Crippen molar-refractivity contribution in [1.29, 1.82) is 0 Å². The van der Waals surface area contributed by atoms with E-state index in [0.29, 0.717) is 5.56 Å². The van der Waals surface area contributed by atoms with Crippen LogP contribution in [0, 0.1) is 13.8 Å². The molecule has 2 rings (SSSR count). The summed E-state index contributed by atoms with van der Waals surface area (Å²) in [6, 6.07) is 1.57. The van der Waals surface area contributed by atoms with Gasteiger partial charge in [0.1, 0.15) is 0 Å². The fourth-order valence-corrected chi connectivity index (χ4v) is 1.73. The normalized spacial score (nSPS) is 12.7. The van der Waals surface area contributed by atoms with E-state index in [1.54, 1.807) is 11.4 Å². The first kappa shape index (κ1) is 12.5. The van der Waals surface area contributed by atoms with Crippen LogP contribution in [0.2, 0.25) is 0 Å². The number of rotatable bonds is 3. The minimum absolute atomic E-state index is 0.0959. The topological polar surface area (TPSA) is 79.5 Å². The second-order valence-corrected chi connectivity index (χ2v) is 4.37. The van der Waals surface area contributed by atoms with Gasteiger partial charge in [0.05, 0.1) is 23.6 Å². The molecular weight excluding hydrogens is 232 g/mol. The van der Waals surface area contributed by atoms with E-state index in [4.69, 9.17) is 5.11 Å². The molecule has 0 fully saturated rings. The highest BCUT2D eigenvalue weighted by Crippen LogP contribution is 2.11. The highest BCUT2D eigenvalue weighted by Gasteiger charge is 2.15. The molecule has 0 aliphatic carbocycles. The van der Waals surface area contributed by atoms with E-state index < -0.39 is 0 Å². The Morgan fingerprint density at radius 1 is 1.56 bits per heavy atom. The molecule has 0 aliphatic rings. The van der Waals surface area contributed by atoms with Crippen molar-refractivity contribution in [2.45, 2.75) is 26.8 Å². The van der Waals surface area contributed by atoms with Gasteiger partial charge in [-0.2, -0.15) is 5.10 Å². The van der Waals surface area contributed by atoms with E-state index in [1.807, 2.05) is 19.9 Å². The van der Waals surface area contributed by atoms with Crippen molar-refractivity contribution in [3.05, 3.63) is 29.2 Å². The number of aromatic nitrogens is 3. The van der Waals surface area contributed by atoms with Crippen LogP contribution in [0.1, 0.15) is 28.7 Å². The van der Waals surface area contributed by atoms with E-state index in [9.17, 15) is 4.79 Å². The lowest BCUT2D eigenvalue weighted by molar-refractivity contribution is 0.0920. The molecule has 0 radical (unpaired) electrons. The second-order valence-electron chi connectivity index (χ2n) is 4.37. The third kappa shape index (κ3) is 2.19. The van der Waals surface area contributed by atoms with Crippen molar-refractivity contribution in [1.82, 2.24) is 19.9 Å². The van der Waals surface area contributed by atoms with E-state index in [1.165, 1.54) is 6.20 Å². The Morgan fingerprint density at radius 3 is 2.94 bits per heavy atom. The largest absolute Gasteiger partial charge is 0.394 e. The predicted molar refractivity (Wildman–Crippen MR) is 66.5 cm³/mol. The number of amides is 1.